The van der Waals surface area contributed by atoms with Gasteiger partial charge in [-0.1, -0.05) is 42.5 Å². The van der Waals surface area contributed by atoms with Crippen molar-refractivity contribution in [2.24, 2.45) is 0 Å². The summed E-state index contributed by atoms with van der Waals surface area (Å²) in [7, 11) is 1.79. The molecular weight excluding hydrogens is 328 g/mol. The maximum Gasteiger partial charge on any atom is 0.255 e. The van der Waals surface area contributed by atoms with Crippen LogP contribution in [0, 0.1) is 0 Å². The molecule has 1 saturated heterocycles. The minimum absolute atomic E-state index is 0.0210. The summed E-state index contributed by atoms with van der Waals surface area (Å²) in [6.45, 7) is 3.44. The molecule has 0 aromatic heterocycles. The largest absolute Gasteiger partial charge is 0.388 e. The van der Waals surface area contributed by atoms with Gasteiger partial charge in [0, 0.05) is 32.4 Å². The van der Waals surface area contributed by atoms with E-state index in [1.807, 2.05) is 54.6 Å². The van der Waals surface area contributed by atoms with E-state index in [1.165, 1.54) is 0 Å². The van der Waals surface area contributed by atoms with Crippen molar-refractivity contribution < 1.29 is 14.6 Å². The van der Waals surface area contributed by atoms with Gasteiger partial charge in [0.25, 0.3) is 5.91 Å². The van der Waals surface area contributed by atoms with E-state index in [0.29, 0.717) is 31.7 Å². The number of aliphatic hydroxyl groups is 1. The van der Waals surface area contributed by atoms with Crippen molar-refractivity contribution in [3.63, 3.8) is 0 Å². The first-order valence-corrected chi connectivity index (χ1v) is 9.07. The summed E-state index contributed by atoms with van der Waals surface area (Å²) in [5.74, 6) is -0.0210. The number of ether oxygens (including phenoxy) is 1. The normalized spacial score (nSPS) is 15.5. The van der Waals surface area contributed by atoms with Crippen LogP contribution in [0.5, 0.6) is 0 Å². The fourth-order valence-electron chi connectivity index (χ4n) is 3.20. The molecule has 5 nitrogen and oxygen atoms in total. The lowest BCUT2D eigenvalue weighted by Gasteiger charge is -2.31. The second kappa shape index (κ2) is 8.83. The van der Waals surface area contributed by atoms with E-state index in [4.69, 9.17) is 4.74 Å². The summed E-state index contributed by atoms with van der Waals surface area (Å²) in [6, 6.07) is 17.3. The van der Waals surface area contributed by atoms with Gasteiger partial charge in [-0.15, -0.1) is 0 Å². The zero-order chi connectivity index (χ0) is 18.4. The van der Waals surface area contributed by atoms with Crippen LogP contribution in [0.1, 0.15) is 28.4 Å². The minimum atomic E-state index is -0.569. The molecule has 138 valence electrons. The average molecular weight is 354 g/mol. The summed E-state index contributed by atoms with van der Waals surface area (Å²) in [5, 5.41) is 10.3. The molecule has 2 aromatic rings. The molecule has 3 rings (SSSR count). The second-order valence-electron chi connectivity index (χ2n) is 6.56. The van der Waals surface area contributed by atoms with Gasteiger partial charge in [-0.2, -0.15) is 0 Å². The third-order valence-corrected chi connectivity index (χ3v) is 4.76. The van der Waals surface area contributed by atoms with Crippen molar-refractivity contribution in [3.8, 4) is 0 Å². The van der Waals surface area contributed by atoms with Crippen LogP contribution in [0.2, 0.25) is 0 Å². The SMILES string of the molecule is CN(CCC(O)c1ccccc1)C(=O)c1ccccc1N1CCOCC1. The summed E-state index contributed by atoms with van der Waals surface area (Å²) in [4.78, 5) is 16.8. The Balaban J connectivity index is 1.65. The highest BCUT2D eigenvalue weighted by atomic mass is 16.5. The van der Waals surface area contributed by atoms with Crippen molar-refractivity contribution in [1.82, 2.24) is 4.90 Å². The Hall–Kier alpha value is -2.37. The average Bonchev–Trinajstić information content (AvgIpc) is 2.72. The standard InChI is InChI=1S/C21H26N2O3/c1-22(12-11-20(24)17-7-3-2-4-8-17)21(25)18-9-5-6-10-19(18)23-13-15-26-16-14-23/h2-10,20,24H,11-16H2,1H3. The van der Waals surface area contributed by atoms with Crippen molar-refractivity contribution in [1.29, 1.82) is 0 Å². The van der Waals surface area contributed by atoms with Gasteiger partial charge in [0.1, 0.15) is 0 Å². The molecule has 1 aliphatic rings. The van der Waals surface area contributed by atoms with Gasteiger partial charge in [-0.05, 0) is 24.1 Å². The van der Waals surface area contributed by atoms with E-state index in [2.05, 4.69) is 4.90 Å². The van der Waals surface area contributed by atoms with Crippen molar-refractivity contribution >= 4 is 11.6 Å². The summed E-state index contributed by atoms with van der Waals surface area (Å²) in [5.41, 5.74) is 2.53. The molecule has 0 bridgehead atoms. The van der Waals surface area contributed by atoms with Crippen LogP contribution in [0.3, 0.4) is 0 Å². The highest BCUT2D eigenvalue weighted by molar-refractivity contribution is 5.99. The number of rotatable bonds is 6. The van der Waals surface area contributed by atoms with Crippen LogP contribution in [-0.4, -0.2) is 55.8 Å². The third-order valence-electron chi connectivity index (χ3n) is 4.76. The maximum atomic E-state index is 12.9. The van der Waals surface area contributed by atoms with Crippen LogP contribution in [0.15, 0.2) is 54.6 Å². The number of anilines is 1. The van der Waals surface area contributed by atoms with E-state index in [9.17, 15) is 9.90 Å². The number of para-hydroxylation sites is 1. The molecule has 1 aliphatic heterocycles. The van der Waals surface area contributed by atoms with Gasteiger partial charge >= 0.3 is 0 Å². The first-order valence-electron chi connectivity index (χ1n) is 9.07. The van der Waals surface area contributed by atoms with Crippen LogP contribution in [0.4, 0.5) is 5.69 Å². The number of nitrogens with zero attached hydrogens (tertiary/aromatic N) is 2. The molecule has 1 atom stereocenters. The molecule has 0 spiro atoms. The van der Waals surface area contributed by atoms with Gasteiger partial charge in [-0.25, -0.2) is 0 Å². The second-order valence-corrected chi connectivity index (χ2v) is 6.56. The maximum absolute atomic E-state index is 12.9. The molecule has 1 fully saturated rings. The quantitative estimate of drug-likeness (QED) is 0.867. The number of hydrogen-bond donors (Lipinski definition) is 1. The highest BCUT2D eigenvalue weighted by Gasteiger charge is 2.21. The van der Waals surface area contributed by atoms with Gasteiger partial charge < -0.3 is 19.6 Å². The molecule has 1 N–H and O–H groups in total. The Morgan fingerprint density at radius 2 is 1.77 bits per heavy atom. The van der Waals surface area contributed by atoms with Crippen LogP contribution in [-0.2, 0) is 4.74 Å². The Labute approximate surface area is 154 Å². The lowest BCUT2D eigenvalue weighted by atomic mass is 10.1. The van der Waals surface area contributed by atoms with Gasteiger partial charge in [0.05, 0.1) is 24.9 Å². The molecule has 1 unspecified atom stereocenters. The van der Waals surface area contributed by atoms with Crippen molar-refractivity contribution in [3.05, 3.63) is 65.7 Å². The highest BCUT2D eigenvalue weighted by Crippen LogP contribution is 2.23. The minimum Gasteiger partial charge on any atom is -0.388 e. The Morgan fingerprint density at radius 3 is 2.50 bits per heavy atom. The monoisotopic (exact) mass is 354 g/mol. The molecule has 0 radical (unpaired) electrons. The zero-order valence-corrected chi connectivity index (χ0v) is 15.2. The van der Waals surface area contributed by atoms with Gasteiger partial charge in [-0.3, -0.25) is 4.79 Å². The Morgan fingerprint density at radius 1 is 1.12 bits per heavy atom. The number of morpholine rings is 1. The van der Waals surface area contributed by atoms with E-state index in [0.717, 1.165) is 24.3 Å². The van der Waals surface area contributed by atoms with Crippen molar-refractivity contribution in [2.45, 2.75) is 12.5 Å². The lowest BCUT2D eigenvalue weighted by molar-refractivity contribution is 0.0760. The third kappa shape index (κ3) is 4.42. The summed E-state index contributed by atoms with van der Waals surface area (Å²) in [6.07, 6.45) is -0.0626. The molecule has 1 amide bonds. The number of benzene rings is 2. The predicted molar refractivity (Wildman–Crippen MR) is 102 cm³/mol. The van der Waals surface area contributed by atoms with Gasteiger partial charge in [0.15, 0.2) is 0 Å². The number of carbonyl (C=O) groups is 1. The fraction of sp³-hybridized carbons (Fsp3) is 0.381. The first-order chi connectivity index (χ1) is 12.7. The zero-order valence-electron chi connectivity index (χ0n) is 15.2. The number of hydrogen-bond acceptors (Lipinski definition) is 4. The summed E-state index contributed by atoms with van der Waals surface area (Å²) < 4.78 is 5.41. The van der Waals surface area contributed by atoms with Crippen LogP contribution < -0.4 is 4.90 Å². The molecule has 2 aromatic carbocycles. The van der Waals surface area contributed by atoms with E-state index >= 15 is 0 Å². The van der Waals surface area contributed by atoms with Crippen LogP contribution in [0.25, 0.3) is 0 Å². The number of amides is 1. The van der Waals surface area contributed by atoms with E-state index in [1.54, 1.807) is 11.9 Å². The fourth-order valence-corrected chi connectivity index (χ4v) is 3.20. The van der Waals surface area contributed by atoms with Crippen molar-refractivity contribution in [2.75, 3.05) is 44.8 Å². The number of aliphatic hydroxyl groups excluding tert-OH is 1. The molecule has 0 aliphatic carbocycles. The smallest absolute Gasteiger partial charge is 0.255 e. The first kappa shape index (κ1) is 18.4. The lowest BCUT2D eigenvalue weighted by Crippen LogP contribution is -2.38. The molecule has 26 heavy (non-hydrogen) atoms. The Bertz CT molecular complexity index is 714. The molecule has 0 saturated carbocycles. The van der Waals surface area contributed by atoms with E-state index < -0.39 is 6.10 Å². The van der Waals surface area contributed by atoms with Gasteiger partial charge in [0.2, 0.25) is 0 Å². The summed E-state index contributed by atoms with van der Waals surface area (Å²) >= 11 is 0. The molecular formula is C21H26N2O3. The topological polar surface area (TPSA) is 53.0 Å². The van der Waals surface area contributed by atoms with E-state index in [-0.39, 0.29) is 5.91 Å². The molecule has 5 heteroatoms. The van der Waals surface area contributed by atoms with Crippen LogP contribution >= 0.6 is 0 Å². The predicted octanol–water partition coefficient (Wildman–Crippen LogP) is 2.72. The Kier molecular flexibility index (Phi) is 6.26. The number of carbonyl (C=O) groups excluding carboxylic acids is 1. The molecule has 1 heterocycles.